The van der Waals surface area contributed by atoms with Crippen molar-refractivity contribution in [3.8, 4) is 5.75 Å². The Balaban J connectivity index is 0.00000161. The molecule has 0 radical (unpaired) electrons. The van der Waals surface area contributed by atoms with Gasteiger partial charge in [0.05, 0.1) is 5.92 Å². The average Bonchev–Trinajstić information content (AvgIpc) is 2.45. The molecule has 1 saturated heterocycles. The maximum Gasteiger partial charge on any atom is 0.229 e. The van der Waals surface area contributed by atoms with E-state index in [2.05, 4.69) is 0 Å². The van der Waals surface area contributed by atoms with Crippen LogP contribution in [-0.4, -0.2) is 36.5 Å². The number of hydrogen-bond donors (Lipinski definition) is 1. The summed E-state index contributed by atoms with van der Waals surface area (Å²) in [6, 6.07) is 5.68. The number of rotatable bonds is 1. The minimum absolute atomic E-state index is 0. The van der Waals surface area contributed by atoms with Crippen LogP contribution in [0.3, 0.4) is 0 Å². The third kappa shape index (κ3) is 3.62. The van der Waals surface area contributed by atoms with Gasteiger partial charge in [-0.2, -0.15) is 0 Å². The summed E-state index contributed by atoms with van der Waals surface area (Å²) in [6.07, 6.45) is 2.69. The maximum atomic E-state index is 12.6. The van der Waals surface area contributed by atoms with Gasteiger partial charge in [0, 0.05) is 24.2 Å². The zero-order chi connectivity index (χ0) is 14.1. The molecule has 1 aromatic carbocycles. The van der Waals surface area contributed by atoms with E-state index in [9.17, 15) is 4.79 Å². The zero-order valence-electron chi connectivity index (χ0n) is 11.8. The first-order chi connectivity index (χ1) is 9.63. The molecular weight excluding hydrogens is 311 g/mol. The van der Waals surface area contributed by atoms with E-state index >= 15 is 0 Å². The minimum Gasteiger partial charge on any atom is -0.492 e. The highest BCUT2D eigenvalue weighted by molar-refractivity contribution is 6.30. The van der Waals surface area contributed by atoms with Gasteiger partial charge in [-0.1, -0.05) is 11.6 Å². The average molecular weight is 331 g/mol. The fourth-order valence-corrected chi connectivity index (χ4v) is 3.18. The number of nitrogens with zero attached hydrogens (tertiary/aromatic N) is 1. The van der Waals surface area contributed by atoms with Crippen molar-refractivity contribution in [3.63, 3.8) is 0 Å². The van der Waals surface area contributed by atoms with Crippen molar-refractivity contribution in [1.29, 1.82) is 0 Å². The molecule has 0 spiro atoms. The molecule has 6 heteroatoms. The second kappa shape index (κ2) is 6.86. The van der Waals surface area contributed by atoms with Gasteiger partial charge in [-0.25, -0.2) is 0 Å². The summed E-state index contributed by atoms with van der Waals surface area (Å²) in [5.41, 5.74) is 6.96. The summed E-state index contributed by atoms with van der Waals surface area (Å²) in [6.45, 7) is 1.92. The summed E-state index contributed by atoms with van der Waals surface area (Å²) in [7, 11) is 0. The molecule has 0 saturated carbocycles. The normalized spacial score (nSPS) is 24.6. The van der Waals surface area contributed by atoms with Gasteiger partial charge < -0.3 is 15.4 Å². The second-order valence-electron chi connectivity index (χ2n) is 5.65. The molecule has 2 N–H and O–H groups in total. The van der Waals surface area contributed by atoms with Crippen LogP contribution in [0.5, 0.6) is 5.75 Å². The fourth-order valence-electron chi connectivity index (χ4n) is 2.99. The summed E-state index contributed by atoms with van der Waals surface area (Å²) in [5.74, 6) is 0.880. The van der Waals surface area contributed by atoms with Gasteiger partial charge in [0.2, 0.25) is 5.91 Å². The number of likely N-dealkylation sites (tertiary alicyclic amines) is 1. The Morgan fingerprint density at radius 3 is 3.00 bits per heavy atom. The van der Waals surface area contributed by atoms with E-state index in [-0.39, 0.29) is 30.3 Å². The van der Waals surface area contributed by atoms with Crippen molar-refractivity contribution in [3.05, 3.63) is 28.8 Å². The lowest BCUT2D eigenvalue weighted by atomic mass is 9.94. The lowest BCUT2D eigenvalue weighted by Crippen LogP contribution is -2.49. The Labute approximate surface area is 136 Å². The van der Waals surface area contributed by atoms with E-state index in [1.165, 1.54) is 0 Å². The third-order valence-corrected chi connectivity index (χ3v) is 4.28. The number of nitrogens with two attached hydrogens (primary N) is 1. The fraction of sp³-hybridized carbons (Fsp3) is 0.533. The molecular formula is C15H20Cl2N2O2. The van der Waals surface area contributed by atoms with Crippen LogP contribution < -0.4 is 10.5 Å². The molecule has 2 atom stereocenters. The molecule has 0 aromatic heterocycles. The Bertz CT molecular complexity index is 524. The van der Waals surface area contributed by atoms with Crippen molar-refractivity contribution in [2.75, 3.05) is 19.7 Å². The largest absolute Gasteiger partial charge is 0.492 e. The molecule has 3 rings (SSSR count). The molecule has 0 bridgehead atoms. The van der Waals surface area contributed by atoms with Crippen LogP contribution in [0.1, 0.15) is 18.4 Å². The van der Waals surface area contributed by atoms with E-state index in [1.54, 1.807) is 0 Å². The number of benzene rings is 1. The topological polar surface area (TPSA) is 55.6 Å². The van der Waals surface area contributed by atoms with Crippen molar-refractivity contribution in [2.24, 2.45) is 11.7 Å². The Kier molecular flexibility index (Phi) is 5.36. The van der Waals surface area contributed by atoms with Crippen LogP contribution >= 0.6 is 24.0 Å². The van der Waals surface area contributed by atoms with Gasteiger partial charge in [0.25, 0.3) is 0 Å². The molecule has 0 aliphatic carbocycles. The predicted molar refractivity (Wildman–Crippen MR) is 85.2 cm³/mol. The molecule has 2 aliphatic rings. The Morgan fingerprint density at radius 2 is 2.24 bits per heavy atom. The number of ether oxygens (including phenoxy) is 1. The molecule has 2 aliphatic heterocycles. The van der Waals surface area contributed by atoms with Crippen LogP contribution in [-0.2, 0) is 11.2 Å². The van der Waals surface area contributed by atoms with E-state index in [4.69, 9.17) is 22.1 Å². The first-order valence-corrected chi connectivity index (χ1v) is 7.47. The van der Waals surface area contributed by atoms with Crippen molar-refractivity contribution < 1.29 is 9.53 Å². The molecule has 2 heterocycles. The van der Waals surface area contributed by atoms with Gasteiger partial charge in [-0.05, 0) is 43.0 Å². The van der Waals surface area contributed by atoms with Crippen molar-refractivity contribution in [2.45, 2.75) is 25.3 Å². The van der Waals surface area contributed by atoms with Gasteiger partial charge >= 0.3 is 0 Å². The Morgan fingerprint density at radius 1 is 1.43 bits per heavy atom. The van der Waals surface area contributed by atoms with Crippen molar-refractivity contribution in [1.82, 2.24) is 4.90 Å². The van der Waals surface area contributed by atoms with E-state index in [1.807, 2.05) is 23.1 Å². The van der Waals surface area contributed by atoms with Gasteiger partial charge in [0.15, 0.2) is 0 Å². The van der Waals surface area contributed by atoms with E-state index in [0.717, 1.165) is 30.7 Å². The van der Waals surface area contributed by atoms with E-state index in [0.29, 0.717) is 24.6 Å². The highest BCUT2D eigenvalue weighted by Crippen LogP contribution is 2.30. The first kappa shape index (κ1) is 16.4. The maximum absolute atomic E-state index is 12.6. The van der Waals surface area contributed by atoms with Crippen LogP contribution in [0.15, 0.2) is 18.2 Å². The van der Waals surface area contributed by atoms with Crippen LogP contribution in [0.2, 0.25) is 5.02 Å². The highest BCUT2D eigenvalue weighted by Gasteiger charge is 2.31. The summed E-state index contributed by atoms with van der Waals surface area (Å²) in [4.78, 5) is 14.4. The summed E-state index contributed by atoms with van der Waals surface area (Å²) < 4.78 is 5.69. The van der Waals surface area contributed by atoms with Crippen molar-refractivity contribution >= 4 is 29.9 Å². The lowest BCUT2D eigenvalue weighted by Gasteiger charge is -2.34. The van der Waals surface area contributed by atoms with Gasteiger partial charge in [0.1, 0.15) is 12.4 Å². The van der Waals surface area contributed by atoms with Gasteiger partial charge in [-0.3, -0.25) is 4.79 Å². The predicted octanol–water partition coefficient (Wildman–Crippen LogP) is 2.26. The van der Waals surface area contributed by atoms with Crippen LogP contribution in [0, 0.1) is 5.92 Å². The first-order valence-electron chi connectivity index (χ1n) is 7.09. The van der Waals surface area contributed by atoms with Gasteiger partial charge in [-0.15, -0.1) is 12.4 Å². The third-order valence-electron chi connectivity index (χ3n) is 4.05. The molecule has 1 fully saturated rings. The molecule has 2 unspecified atom stereocenters. The zero-order valence-corrected chi connectivity index (χ0v) is 13.3. The monoisotopic (exact) mass is 330 g/mol. The second-order valence-corrected chi connectivity index (χ2v) is 6.09. The number of carbonyl (C=O) groups is 1. The number of fused-ring (bicyclic) bond motifs is 1. The summed E-state index contributed by atoms with van der Waals surface area (Å²) >= 11 is 6.00. The SMILES string of the molecule is Cl.NC1CCCN(C(=O)C2COc3ccc(Cl)cc3C2)C1. The standard InChI is InChI=1S/C15H19ClN2O2.ClH/c16-12-3-4-14-10(7-12)6-11(9-20-14)15(19)18-5-1-2-13(17)8-18;/h3-4,7,11,13H,1-2,5-6,8-9,17H2;1H. The number of carbonyl (C=O) groups excluding carboxylic acids is 1. The lowest BCUT2D eigenvalue weighted by molar-refractivity contribution is -0.138. The smallest absolute Gasteiger partial charge is 0.229 e. The molecule has 1 amide bonds. The highest BCUT2D eigenvalue weighted by atomic mass is 35.5. The minimum atomic E-state index is -0.119. The number of hydrogen-bond acceptors (Lipinski definition) is 3. The molecule has 4 nitrogen and oxygen atoms in total. The quantitative estimate of drug-likeness (QED) is 0.859. The number of amides is 1. The van der Waals surface area contributed by atoms with Crippen LogP contribution in [0.25, 0.3) is 0 Å². The number of halogens is 2. The van der Waals surface area contributed by atoms with E-state index < -0.39 is 0 Å². The molecule has 21 heavy (non-hydrogen) atoms. The summed E-state index contributed by atoms with van der Waals surface area (Å²) in [5, 5.41) is 0.681. The Hall–Kier alpha value is -0.970. The molecule has 116 valence electrons. The molecule has 1 aromatic rings. The van der Waals surface area contributed by atoms with Crippen LogP contribution in [0.4, 0.5) is 0 Å². The number of piperidine rings is 1.